The van der Waals surface area contributed by atoms with Gasteiger partial charge in [-0.05, 0) is 0 Å². The van der Waals surface area contributed by atoms with E-state index in [0.29, 0.717) is 5.82 Å². The molecule has 0 radical (unpaired) electrons. The lowest BCUT2D eigenvalue weighted by atomic mass is 9.96. The van der Waals surface area contributed by atoms with Crippen molar-refractivity contribution in [3.05, 3.63) is 11.7 Å². The van der Waals surface area contributed by atoms with Gasteiger partial charge in [0.25, 0.3) is 5.89 Å². The van der Waals surface area contributed by atoms with Crippen molar-refractivity contribution in [2.45, 2.75) is 26.2 Å². The van der Waals surface area contributed by atoms with E-state index in [4.69, 9.17) is 9.73 Å². The first-order chi connectivity index (χ1) is 5.54. The molecule has 0 saturated carbocycles. The van der Waals surface area contributed by atoms with Gasteiger partial charge in [0.2, 0.25) is 0 Å². The van der Waals surface area contributed by atoms with Crippen LogP contribution in [0.5, 0.6) is 0 Å². The van der Waals surface area contributed by atoms with E-state index in [-0.39, 0.29) is 11.3 Å². The normalized spacial score (nSPS) is 12.6. The van der Waals surface area contributed by atoms with Gasteiger partial charge >= 0.3 is 0 Å². The van der Waals surface area contributed by atoms with Gasteiger partial charge in [-0.1, -0.05) is 31.1 Å². The maximum atomic E-state index is 8.17. The van der Waals surface area contributed by atoms with Crippen molar-refractivity contribution in [2.24, 2.45) is 5.16 Å². The average molecular weight is 169 g/mol. The van der Waals surface area contributed by atoms with E-state index in [1.807, 2.05) is 20.8 Å². The van der Waals surface area contributed by atoms with Gasteiger partial charge in [0, 0.05) is 5.41 Å². The number of nitrogens with zero attached hydrogens (tertiary/aromatic N) is 3. The van der Waals surface area contributed by atoms with Crippen LogP contribution in [-0.2, 0) is 5.41 Å². The Labute approximate surface area is 70.1 Å². The zero-order valence-corrected chi connectivity index (χ0v) is 7.27. The quantitative estimate of drug-likeness (QED) is 0.389. The summed E-state index contributed by atoms with van der Waals surface area (Å²) in [7, 11) is 0. The Morgan fingerprint density at radius 3 is 2.58 bits per heavy atom. The van der Waals surface area contributed by atoms with Gasteiger partial charge in [0.15, 0.2) is 5.82 Å². The van der Waals surface area contributed by atoms with E-state index < -0.39 is 0 Å². The summed E-state index contributed by atoms with van der Waals surface area (Å²) >= 11 is 0. The van der Waals surface area contributed by atoms with Crippen molar-refractivity contribution in [1.82, 2.24) is 10.1 Å². The SMILES string of the molecule is CC(C)(C)c1noc(/C=N\O)n1. The summed E-state index contributed by atoms with van der Waals surface area (Å²) in [5.41, 5.74) is -0.148. The van der Waals surface area contributed by atoms with E-state index in [9.17, 15) is 0 Å². The summed E-state index contributed by atoms with van der Waals surface area (Å²) in [5, 5.41) is 14.7. The molecule has 0 saturated heterocycles. The van der Waals surface area contributed by atoms with Crippen LogP contribution in [-0.4, -0.2) is 21.6 Å². The van der Waals surface area contributed by atoms with Crippen LogP contribution >= 0.6 is 0 Å². The maximum Gasteiger partial charge on any atom is 0.272 e. The Balaban J connectivity index is 2.92. The zero-order valence-electron chi connectivity index (χ0n) is 7.27. The lowest BCUT2D eigenvalue weighted by molar-refractivity contribution is 0.318. The Morgan fingerprint density at radius 2 is 2.17 bits per heavy atom. The second-order valence-electron chi connectivity index (χ2n) is 3.45. The summed E-state index contributed by atoms with van der Waals surface area (Å²) in [6, 6.07) is 0. The average Bonchev–Trinajstić information content (AvgIpc) is 2.35. The standard InChI is InChI=1S/C7H11N3O2/c1-7(2,3)6-9-5(4-8-11)12-10-6/h4,11H,1-3H3/b8-4-. The molecule has 1 rings (SSSR count). The number of oxime groups is 1. The molecule has 1 aromatic heterocycles. The topological polar surface area (TPSA) is 71.5 Å². The highest BCUT2D eigenvalue weighted by Crippen LogP contribution is 2.17. The van der Waals surface area contributed by atoms with Gasteiger partial charge in [0.1, 0.15) is 6.21 Å². The molecule has 0 unspecified atom stereocenters. The fourth-order valence-electron chi connectivity index (χ4n) is 0.642. The van der Waals surface area contributed by atoms with Crippen LogP contribution < -0.4 is 0 Å². The van der Waals surface area contributed by atoms with Crippen molar-refractivity contribution in [3.63, 3.8) is 0 Å². The van der Waals surface area contributed by atoms with Gasteiger partial charge < -0.3 is 9.73 Å². The summed E-state index contributed by atoms with van der Waals surface area (Å²) in [6.45, 7) is 5.91. The van der Waals surface area contributed by atoms with Crippen LogP contribution in [0.25, 0.3) is 0 Å². The van der Waals surface area contributed by atoms with Crippen molar-refractivity contribution in [2.75, 3.05) is 0 Å². The molecule has 5 heteroatoms. The third-order valence-corrected chi connectivity index (χ3v) is 1.28. The molecule has 0 amide bonds. The molecule has 0 fully saturated rings. The second-order valence-corrected chi connectivity index (χ2v) is 3.45. The second kappa shape index (κ2) is 2.92. The summed E-state index contributed by atoms with van der Waals surface area (Å²) in [5.74, 6) is 0.805. The first-order valence-corrected chi connectivity index (χ1v) is 3.55. The highest BCUT2D eigenvalue weighted by Gasteiger charge is 2.20. The highest BCUT2D eigenvalue weighted by molar-refractivity contribution is 5.72. The van der Waals surface area contributed by atoms with Crippen LogP contribution in [0, 0.1) is 0 Å². The van der Waals surface area contributed by atoms with Crippen molar-refractivity contribution in [1.29, 1.82) is 0 Å². The van der Waals surface area contributed by atoms with Crippen LogP contribution in [0.15, 0.2) is 9.68 Å². The molecule has 0 bridgehead atoms. The van der Waals surface area contributed by atoms with Crippen molar-refractivity contribution in [3.8, 4) is 0 Å². The Kier molecular flexibility index (Phi) is 2.12. The van der Waals surface area contributed by atoms with Gasteiger partial charge in [-0.3, -0.25) is 0 Å². The maximum absolute atomic E-state index is 8.17. The van der Waals surface area contributed by atoms with E-state index in [0.717, 1.165) is 6.21 Å². The van der Waals surface area contributed by atoms with E-state index in [2.05, 4.69) is 15.3 Å². The molecule has 66 valence electrons. The van der Waals surface area contributed by atoms with E-state index in [1.54, 1.807) is 0 Å². The fourth-order valence-corrected chi connectivity index (χ4v) is 0.642. The third-order valence-electron chi connectivity index (χ3n) is 1.28. The van der Waals surface area contributed by atoms with Crippen LogP contribution in [0.3, 0.4) is 0 Å². The highest BCUT2D eigenvalue weighted by atomic mass is 16.5. The van der Waals surface area contributed by atoms with Gasteiger partial charge in [-0.15, -0.1) is 0 Å². The minimum Gasteiger partial charge on any atom is -0.411 e. The van der Waals surface area contributed by atoms with Gasteiger partial charge in [-0.25, -0.2) is 0 Å². The molecule has 1 heterocycles. The largest absolute Gasteiger partial charge is 0.411 e. The van der Waals surface area contributed by atoms with Crippen molar-refractivity contribution >= 4 is 6.21 Å². The molecule has 1 aromatic rings. The number of hydrogen-bond acceptors (Lipinski definition) is 5. The van der Waals surface area contributed by atoms with E-state index >= 15 is 0 Å². The first kappa shape index (κ1) is 8.70. The molecule has 0 aliphatic carbocycles. The Hall–Kier alpha value is -1.39. The molecule has 0 aliphatic heterocycles. The Morgan fingerprint density at radius 1 is 1.50 bits per heavy atom. The first-order valence-electron chi connectivity index (χ1n) is 3.55. The molecule has 12 heavy (non-hydrogen) atoms. The van der Waals surface area contributed by atoms with Crippen LogP contribution in [0.2, 0.25) is 0 Å². The number of hydrogen-bond donors (Lipinski definition) is 1. The molecule has 0 atom stereocenters. The lowest BCUT2D eigenvalue weighted by Gasteiger charge is -2.10. The Bertz CT molecular complexity index is 285. The summed E-state index contributed by atoms with van der Waals surface area (Å²) in [4.78, 5) is 3.98. The van der Waals surface area contributed by atoms with E-state index in [1.165, 1.54) is 0 Å². The smallest absolute Gasteiger partial charge is 0.272 e. The van der Waals surface area contributed by atoms with Crippen LogP contribution in [0.1, 0.15) is 32.5 Å². The van der Waals surface area contributed by atoms with Crippen LogP contribution in [0.4, 0.5) is 0 Å². The zero-order chi connectivity index (χ0) is 9.19. The predicted octanol–water partition coefficient (Wildman–Crippen LogP) is 1.18. The molecule has 1 N–H and O–H groups in total. The summed E-state index contributed by atoms with van der Waals surface area (Å²) < 4.78 is 4.76. The monoisotopic (exact) mass is 169 g/mol. The molecule has 0 spiro atoms. The fraction of sp³-hybridized carbons (Fsp3) is 0.571. The lowest BCUT2D eigenvalue weighted by Crippen LogP contribution is -2.13. The predicted molar refractivity (Wildman–Crippen MR) is 42.4 cm³/mol. The third kappa shape index (κ3) is 1.81. The number of rotatable bonds is 1. The molecular formula is C7H11N3O2. The molecule has 0 aliphatic rings. The van der Waals surface area contributed by atoms with Gasteiger partial charge in [-0.2, -0.15) is 4.98 Å². The molecular weight excluding hydrogens is 158 g/mol. The minimum atomic E-state index is -0.148. The number of aromatic nitrogens is 2. The minimum absolute atomic E-state index is 0.148. The summed E-state index contributed by atoms with van der Waals surface area (Å²) in [6.07, 6.45) is 1.10. The van der Waals surface area contributed by atoms with Crippen molar-refractivity contribution < 1.29 is 9.73 Å². The molecule has 0 aromatic carbocycles. The molecule has 5 nitrogen and oxygen atoms in total. The van der Waals surface area contributed by atoms with Gasteiger partial charge in [0.05, 0.1) is 0 Å².